The summed E-state index contributed by atoms with van der Waals surface area (Å²) in [5, 5.41) is 12.4. The van der Waals surface area contributed by atoms with Gasteiger partial charge in [-0.25, -0.2) is 4.79 Å². The maximum Gasteiger partial charge on any atom is 0.329 e. The van der Waals surface area contributed by atoms with Crippen LogP contribution in [-0.4, -0.2) is 23.7 Å². The van der Waals surface area contributed by atoms with Crippen molar-refractivity contribution in [3.05, 3.63) is 23.8 Å². The maximum atomic E-state index is 11.3. The van der Waals surface area contributed by atoms with Gasteiger partial charge in [0.2, 0.25) is 0 Å². The van der Waals surface area contributed by atoms with Crippen molar-refractivity contribution in [2.24, 2.45) is 0 Å². The zero-order chi connectivity index (χ0) is 11.8. The van der Waals surface area contributed by atoms with Crippen molar-refractivity contribution in [1.82, 2.24) is 0 Å². The van der Waals surface area contributed by atoms with Gasteiger partial charge in [0.15, 0.2) is 0 Å². The van der Waals surface area contributed by atoms with E-state index in [1.165, 1.54) is 0 Å². The van der Waals surface area contributed by atoms with Crippen molar-refractivity contribution in [2.45, 2.75) is 25.3 Å². The molecule has 0 fully saturated rings. The van der Waals surface area contributed by atoms with Gasteiger partial charge in [-0.3, -0.25) is 0 Å². The largest absolute Gasteiger partial charge is 0.496 e. The van der Waals surface area contributed by atoms with Crippen LogP contribution in [0, 0.1) is 0 Å². The topological polar surface area (TPSA) is 58.6 Å². The average Bonchev–Trinajstić information content (AvgIpc) is 2.68. The van der Waals surface area contributed by atoms with Crippen LogP contribution in [0.2, 0.25) is 0 Å². The molecule has 1 aromatic rings. The lowest BCUT2D eigenvalue weighted by Gasteiger charge is -2.23. The molecule has 4 nitrogen and oxygen atoms in total. The molecule has 2 N–H and O–H groups in total. The Hall–Kier alpha value is -1.71. The van der Waals surface area contributed by atoms with Gasteiger partial charge in [-0.05, 0) is 18.6 Å². The lowest BCUT2D eigenvalue weighted by atomic mass is 9.92. The predicted octanol–water partition coefficient (Wildman–Crippen LogP) is 1.90. The zero-order valence-corrected chi connectivity index (χ0v) is 9.41. The molecule has 1 atom stereocenters. The van der Waals surface area contributed by atoms with Crippen molar-refractivity contribution in [3.63, 3.8) is 0 Å². The average molecular weight is 221 g/mol. The number of benzene rings is 1. The molecule has 0 aliphatic carbocycles. The van der Waals surface area contributed by atoms with Crippen LogP contribution in [0.15, 0.2) is 18.2 Å². The minimum atomic E-state index is -0.878. The first kappa shape index (κ1) is 10.8. The minimum absolute atomic E-state index is 0.470. The van der Waals surface area contributed by atoms with Crippen LogP contribution in [0.3, 0.4) is 0 Å². The lowest BCUT2D eigenvalue weighted by molar-refractivity contribution is -0.142. The van der Waals surface area contributed by atoms with Gasteiger partial charge in [-0.15, -0.1) is 0 Å². The van der Waals surface area contributed by atoms with Gasteiger partial charge in [-0.2, -0.15) is 0 Å². The summed E-state index contributed by atoms with van der Waals surface area (Å²) in [6.45, 7) is 1.87. The van der Waals surface area contributed by atoms with Crippen molar-refractivity contribution < 1.29 is 14.6 Å². The fourth-order valence-electron chi connectivity index (χ4n) is 2.15. The molecule has 0 spiro atoms. The van der Waals surface area contributed by atoms with Crippen LogP contribution in [-0.2, 0) is 11.2 Å². The molecule has 1 aromatic carbocycles. The number of methoxy groups -OCH3 is 1. The number of hydrogen-bond acceptors (Lipinski definition) is 3. The number of ether oxygens (including phenoxy) is 1. The second-order valence-electron chi connectivity index (χ2n) is 4.03. The molecule has 86 valence electrons. The van der Waals surface area contributed by atoms with Crippen LogP contribution in [0.25, 0.3) is 0 Å². The molecule has 1 aliphatic heterocycles. The standard InChI is InChI=1S/C12H15NO3/c1-3-12(11(14)15)7-8-9(13-12)5-4-6-10(8)16-2/h4-6,13H,3,7H2,1-2H3,(H,14,15). The number of nitrogens with one attached hydrogen (secondary N) is 1. The van der Waals surface area contributed by atoms with Crippen molar-refractivity contribution in [2.75, 3.05) is 12.4 Å². The number of carboxylic acids is 1. The first-order chi connectivity index (χ1) is 7.63. The van der Waals surface area contributed by atoms with E-state index in [1.807, 2.05) is 25.1 Å². The summed E-state index contributed by atoms with van der Waals surface area (Å²) in [7, 11) is 1.60. The highest BCUT2D eigenvalue weighted by atomic mass is 16.5. The van der Waals surface area contributed by atoms with Crippen LogP contribution in [0.1, 0.15) is 18.9 Å². The first-order valence-electron chi connectivity index (χ1n) is 5.30. The SMILES string of the molecule is CCC1(C(=O)O)Cc2c(cccc2OC)N1. The predicted molar refractivity (Wildman–Crippen MR) is 61.0 cm³/mol. The molecule has 0 amide bonds. The lowest BCUT2D eigenvalue weighted by Crippen LogP contribution is -2.44. The monoisotopic (exact) mass is 221 g/mol. The Morgan fingerprint density at radius 1 is 1.62 bits per heavy atom. The number of anilines is 1. The zero-order valence-electron chi connectivity index (χ0n) is 9.41. The quantitative estimate of drug-likeness (QED) is 0.818. The number of carboxylic acid groups (broad SMARTS) is 1. The van der Waals surface area contributed by atoms with Crippen molar-refractivity contribution in [1.29, 1.82) is 0 Å². The molecule has 4 heteroatoms. The number of rotatable bonds is 3. The van der Waals surface area contributed by atoms with Crippen LogP contribution >= 0.6 is 0 Å². The summed E-state index contributed by atoms with van der Waals surface area (Å²) in [6, 6.07) is 5.60. The number of carbonyl (C=O) groups is 1. The molecular formula is C12H15NO3. The third kappa shape index (κ3) is 1.41. The molecular weight excluding hydrogens is 206 g/mol. The number of aliphatic carboxylic acids is 1. The summed E-state index contributed by atoms with van der Waals surface area (Å²) < 4.78 is 5.24. The van der Waals surface area contributed by atoms with Gasteiger partial charge in [-0.1, -0.05) is 13.0 Å². The molecule has 0 bridgehead atoms. The minimum Gasteiger partial charge on any atom is -0.496 e. The summed E-state index contributed by atoms with van der Waals surface area (Å²) in [4.78, 5) is 11.3. The molecule has 0 aromatic heterocycles. The fourth-order valence-corrected chi connectivity index (χ4v) is 2.15. The summed E-state index contributed by atoms with van der Waals surface area (Å²) >= 11 is 0. The summed E-state index contributed by atoms with van der Waals surface area (Å²) in [5.74, 6) is -0.0603. The highest BCUT2D eigenvalue weighted by Crippen LogP contribution is 2.39. The highest BCUT2D eigenvalue weighted by Gasteiger charge is 2.43. The van der Waals surface area contributed by atoms with E-state index in [-0.39, 0.29) is 0 Å². The van der Waals surface area contributed by atoms with Gasteiger partial charge in [0.25, 0.3) is 0 Å². The fraction of sp³-hybridized carbons (Fsp3) is 0.417. The van der Waals surface area contributed by atoms with Gasteiger partial charge >= 0.3 is 5.97 Å². The molecule has 1 unspecified atom stereocenters. The number of fused-ring (bicyclic) bond motifs is 1. The van der Waals surface area contributed by atoms with Crippen LogP contribution < -0.4 is 10.1 Å². The Morgan fingerprint density at radius 3 is 2.94 bits per heavy atom. The Balaban J connectivity index is 2.43. The Bertz CT molecular complexity index is 430. The van der Waals surface area contributed by atoms with E-state index < -0.39 is 11.5 Å². The van der Waals surface area contributed by atoms with E-state index in [9.17, 15) is 9.90 Å². The molecule has 1 aliphatic rings. The van der Waals surface area contributed by atoms with Gasteiger partial charge < -0.3 is 15.2 Å². The van der Waals surface area contributed by atoms with E-state index in [2.05, 4.69) is 5.32 Å². The maximum absolute atomic E-state index is 11.3. The Labute approximate surface area is 94.2 Å². The molecule has 16 heavy (non-hydrogen) atoms. The van der Waals surface area contributed by atoms with E-state index in [4.69, 9.17) is 4.74 Å². The van der Waals surface area contributed by atoms with E-state index >= 15 is 0 Å². The third-order valence-electron chi connectivity index (χ3n) is 3.22. The molecule has 0 radical (unpaired) electrons. The second kappa shape index (κ2) is 3.70. The van der Waals surface area contributed by atoms with Crippen LogP contribution in [0.4, 0.5) is 5.69 Å². The first-order valence-corrected chi connectivity index (χ1v) is 5.30. The number of hydrogen-bond donors (Lipinski definition) is 2. The second-order valence-corrected chi connectivity index (χ2v) is 4.03. The molecule has 2 rings (SSSR count). The smallest absolute Gasteiger partial charge is 0.329 e. The Kier molecular flexibility index (Phi) is 2.50. The van der Waals surface area contributed by atoms with Crippen LogP contribution in [0.5, 0.6) is 5.75 Å². The van der Waals surface area contributed by atoms with E-state index in [1.54, 1.807) is 7.11 Å². The Morgan fingerprint density at radius 2 is 2.38 bits per heavy atom. The molecule has 1 heterocycles. The van der Waals surface area contributed by atoms with Gasteiger partial charge in [0.05, 0.1) is 7.11 Å². The van der Waals surface area contributed by atoms with Crippen molar-refractivity contribution in [3.8, 4) is 5.75 Å². The van der Waals surface area contributed by atoms with E-state index in [0.29, 0.717) is 12.8 Å². The van der Waals surface area contributed by atoms with Gasteiger partial charge in [0.1, 0.15) is 11.3 Å². The third-order valence-corrected chi connectivity index (χ3v) is 3.22. The summed E-state index contributed by atoms with van der Waals surface area (Å²) in [6.07, 6.45) is 1.01. The highest BCUT2D eigenvalue weighted by molar-refractivity contribution is 5.87. The normalized spacial score (nSPS) is 22.4. The summed E-state index contributed by atoms with van der Waals surface area (Å²) in [5.41, 5.74) is 0.939. The van der Waals surface area contributed by atoms with E-state index in [0.717, 1.165) is 17.0 Å². The van der Waals surface area contributed by atoms with Gasteiger partial charge in [0, 0.05) is 17.7 Å². The molecule has 0 saturated carbocycles. The van der Waals surface area contributed by atoms with Crippen molar-refractivity contribution >= 4 is 11.7 Å². The molecule has 0 saturated heterocycles.